The van der Waals surface area contributed by atoms with Crippen LogP contribution < -0.4 is 10.6 Å². The molecule has 1 saturated carbocycles. The van der Waals surface area contributed by atoms with Gasteiger partial charge >= 0.3 is 5.91 Å². The van der Waals surface area contributed by atoms with Crippen LogP contribution in [-0.4, -0.2) is 77.7 Å². The molecule has 4 heterocycles. The largest absolute Gasteiger partial charge is 0.436 e. The molecular weight excluding hydrogens is 544 g/mol. The highest BCUT2D eigenvalue weighted by Gasteiger charge is 2.39. The summed E-state index contributed by atoms with van der Waals surface area (Å²) in [4.78, 5) is 34.9. The zero-order chi connectivity index (χ0) is 27.3. The minimum absolute atomic E-state index is 0.00639. The molecule has 208 valence electrons. The molecule has 0 radical (unpaired) electrons. The number of halogens is 1. The highest BCUT2D eigenvalue weighted by atomic mass is 35.5. The second-order valence-electron chi connectivity index (χ2n) is 10.6. The van der Waals surface area contributed by atoms with Crippen molar-refractivity contribution in [2.45, 2.75) is 56.3 Å². The quantitative estimate of drug-likeness (QED) is 0.393. The molecule has 11 nitrogen and oxygen atoms in total. The molecule has 2 aliphatic heterocycles. The van der Waals surface area contributed by atoms with E-state index in [1.807, 2.05) is 6.92 Å². The van der Waals surface area contributed by atoms with Crippen LogP contribution >= 0.6 is 11.6 Å². The number of nitrogens with zero attached hydrogens (tertiary/aromatic N) is 3. The molecule has 3 N–H and O–H groups in total. The van der Waals surface area contributed by atoms with Crippen LogP contribution in [0.25, 0.3) is 10.9 Å². The molecule has 0 bridgehead atoms. The van der Waals surface area contributed by atoms with Gasteiger partial charge in [0.25, 0.3) is 15.9 Å². The first kappa shape index (κ1) is 26.3. The first-order valence-corrected chi connectivity index (χ1v) is 15.1. The zero-order valence-electron chi connectivity index (χ0n) is 21.6. The number of aromatic nitrogens is 2. The van der Waals surface area contributed by atoms with Crippen molar-refractivity contribution in [3.8, 4) is 0 Å². The molecule has 1 aromatic carbocycles. The Morgan fingerprint density at radius 1 is 1.23 bits per heavy atom. The average molecular weight is 575 g/mol. The molecule has 13 heteroatoms. The van der Waals surface area contributed by atoms with Crippen LogP contribution in [0.5, 0.6) is 0 Å². The maximum atomic E-state index is 13.6. The van der Waals surface area contributed by atoms with Gasteiger partial charge < -0.3 is 24.9 Å². The van der Waals surface area contributed by atoms with Gasteiger partial charge in [0.15, 0.2) is 0 Å². The van der Waals surface area contributed by atoms with Crippen LogP contribution in [0.1, 0.15) is 48.3 Å². The molecule has 1 aliphatic carbocycles. The smallest absolute Gasteiger partial charge is 0.310 e. The molecule has 3 aromatic rings. The van der Waals surface area contributed by atoms with Gasteiger partial charge in [0, 0.05) is 66.5 Å². The maximum Gasteiger partial charge on any atom is 0.310 e. The van der Waals surface area contributed by atoms with Crippen molar-refractivity contribution in [1.29, 1.82) is 0 Å². The number of H-pyrrole nitrogens is 1. The third kappa shape index (κ3) is 5.30. The number of aromatic amines is 1. The van der Waals surface area contributed by atoms with E-state index in [0.717, 1.165) is 18.5 Å². The van der Waals surface area contributed by atoms with Crippen LogP contribution in [-0.2, 0) is 27.8 Å². The van der Waals surface area contributed by atoms with E-state index < -0.39 is 16.1 Å². The molecule has 2 atom stereocenters. The first-order valence-electron chi connectivity index (χ1n) is 13.3. The number of sulfonamides is 1. The Balaban J connectivity index is 1.22. The molecule has 6 rings (SSSR count). The molecule has 2 fully saturated rings. The van der Waals surface area contributed by atoms with Gasteiger partial charge in [-0.05, 0) is 50.5 Å². The molecule has 3 aliphatic rings. The summed E-state index contributed by atoms with van der Waals surface area (Å²) in [6.07, 6.45) is 2.86. The summed E-state index contributed by atoms with van der Waals surface area (Å²) in [5, 5.41) is 7.52. The van der Waals surface area contributed by atoms with Crippen LogP contribution in [0.2, 0.25) is 5.02 Å². The number of piperazine rings is 1. The summed E-state index contributed by atoms with van der Waals surface area (Å²) < 4.78 is 34.5. The number of carbonyl (C=O) groups excluding carboxylic acids is 2. The van der Waals surface area contributed by atoms with Crippen LogP contribution in [0, 0.1) is 5.92 Å². The van der Waals surface area contributed by atoms with Crippen molar-refractivity contribution in [2.24, 2.45) is 5.92 Å². The van der Waals surface area contributed by atoms with Gasteiger partial charge in [0.05, 0.1) is 12.2 Å². The third-order valence-corrected chi connectivity index (χ3v) is 9.70. The number of carbonyl (C=O) groups is 2. The van der Waals surface area contributed by atoms with E-state index in [-0.39, 0.29) is 54.3 Å². The minimum Gasteiger partial charge on any atom is -0.436 e. The van der Waals surface area contributed by atoms with E-state index in [2.05, 4.69) is 20.6 Å². The van der Waals surface area contributed by atoms with E-state index in [4.69, 9.17) is 16.0 Å². The zero-order valence-corrected chi connectivity index (χ0v) is 23.1. The first-order chi connectivity index (χ1) is 18.7. The SMILES string of the molecule is CC1Cc2nc(C(=O)N3CCN(S(=O)(=O)c4cc5cc(Cl)ccc5[nH]4)CC3CCNC(=O)C3CC3)oc2CN1. The molecule has 2 unspecified atom stereocenters. The van der Waals surface area contributed by atoms with Gasteiger partial charge in [-0.15, -0.1) is 0 Å². The van der Waals surface area contributed by atoms with Crippen LogP contribution in [0.3, 0.4) is 0 Å². The van der Waals surface area contributed by atoms with Crippen molar-refractivity contribution < 1.29 is 22.4 Å². The van der Waals surface area contributed by atoms with Crippen molar-refractivity contribution in [3.63, 3.8) is 0 Å². The summed E-state index contributed by atoms with van der Waals surface area (Å²) in [7, 11) is -3.87. The molecule has 1 saturated heterocycles. The summed E-state index contributed by atoms with van der Waals surface area (Å²) in [5.41, 5.74) is 1.45. The number of benzene rings is 1. The van der Waals surface area contributed by atoms with E-state index in [1.165, 1.54) is 4.31 Å². The highest BCUT2D eigenvalue weighted by molar-refractivity contribution is 7.89. The molecule has 2 aromatic heterocycles. The monoisotopic (exact) mass is 574 g/mol. The second-order valence-corrected chi connectivity index (χ2v) is 13.0. The van der Waals surface area contributed by atoms with E-state index >= 15 is 0 Å². The number of rotatable bonds is 7. The lowest BCUT2D eigenvalue weighted by molar-refractivity contribution is -0.122. The Morgan fingerprint density at radius 3 is 2.85 bits per heavy atom. The standard InChI is InChI=1S/C26H31ClN6O5S/c1-15-10-21-22(13-29-15)38-25(31-21)26(35)33-9-8-32(14-19(33)6-7-28-24(34)16-2-3-16)39(36,37)23-12-17-11-18(27)4-5-20(17)30-23/h4-5,11-12,15-16,19,29-30H,2-3,6-10,13-14H2,1H3,(H,28,34). The van der Waals surface area contributed by atoms with Crippen LogP contribution in [0.4, 0.5) is 0 Å². The van der Waals surface area contributed by atoms with Gasteiger partial charge in [0.1, 0.15) is 10.8 Å². The fourth-order valence-corrected chi connectivity index (χ4v) is 6.95. The molecular formula is C26H31ClN6O5S. The lowest BCUT2D eigenvalue weighted by Gasteiger charge is -2.40. The Morgan fingerprint density at radius 2 is 2.05 bits per heavy atom. The summed E-state index contributed by atoms with van der Waals surface area (Å²) >= 11 is 6.08. The maximum absolute atomic E-state index is 13.6. The minimum atomic E-state index is -3.87. The van der Waals surface area contributed by atoms with Crippen molar-refractivity contribution in [1.82, 2.24) is 29.8 Å². The highest BCUT2D eigenvalue weighted by Crippen LogP contribution is 2.29. The summed E-state index contributed by atoms with van der Waals surface area (Å²) in [6, 6.07) is 6.49. The predicted octanol–water partition coefficient (Wildman–Crippen LogP) is 2.28. The van der Waals surface area contributed by atoms with E-state index in [0.29, 0.717) is 47.6 Å². The van der Waals surface area contributed by atoms with E-state index in [1.54, 1.807) is 29.2 Å². The number of hydrogen-bond acceptors (Lipinski definition) is 7. The van der Waals surface area contributed by atoms with Gasteiger partial charge in [0.2, 0.25) is 5.91 Å². The lowest BCUT2D eigenvalue weighted by atomic mass is 10.1. The second kappa shape index (κ2) is 10.2. The number of hydrogen-bond donors (Lipinski definition) is 3. The molecule has 39 heavy (non-hydrogen) atoms. The number of amides is 2. The fraction of sp³-hybridized carbons (Fsp3) is 0.500. The van der Waals surface area contributed by atoms with Gasteiger partial charge in [-0.3, -0.25) is 9.59 Å². The van der Waals surface area contributed by atoms with Gasteiger partial charge in [-0.2, -0.15) is 4.31 Å². The Kier molecular flexibility index (Phi) is 6.90. The number of oxazole rings is 1. The van der Waals surface area contributed by atoms with E-state index in [9.17, 15) is 18.0 Å². The molecule has 2 amide bonds. The topological polar surface area (TPSA) is 141 Å². The Labute approximate surface area is 231 Å². The summed E-state index contributed by atoms with van der Waals surface area (Å²) in [6.45, 7) is 3.28. The summed E-state index contributed by atoms with van der Waals surface area (Å²) in [5.74, 6) is 0.382. The van der Waals surface area contributed by atoms with Crippen molar-refractivity contribution in [3.05, 3.63) is 46.6 Å². The third-order valence-electron chi connectivity index (χ3n) is 7.68. The normalized spacial score (nSPS) is 22.2. The lowest BCUT2D eigenvalue weighted by Crippen LogP contribution is -2.57. The average Bonchev–Trinajstić information content (AvgIpc) is 3.54. The van der Waals surface area contributed by atoms with Crippen molar-refractivity contribution >= 4 is 44.3 Å². The Hall–Kier alpha value is -2.93. The Bertz CT molecular complexity index is 1530. The number of nitrogens with one attached hydrogen (secondary N) is 3. The van der Waals surface area contributed by atoms with Crippen LogP contribution in [0.15, 0.2) is 33.7 Å². The fourth-order valence-electron chi connectivity index (χ4n) is 5.29. The number of fused-ring (bicyclic) bond motifs is 2. The predicted molar refractivity (Wildman–Crippen MR) is 144 cm³/mol. The molecule has 0 spiro atoms. The van der Waals surface area contributed by atoms with Gasteiger partial charge in [-0.25, -0.2) is 13.4 Å². The van der Waals surface area contributed by atoms with Gasteiger partial charge in [-0.1, -0.05) is 11.6 Å². The van der Waals surface area contributed by atoms with Crippen molar-refractivity contribution in [2.75, 3.05) is 26.2 Å².